The third-order valence-corrected chi connectivity index (χ3v) is 9.34. The summed E-state index contributed by atoms with van der Waals surface area (Å²) in [5, 5.41) is 11.5. The molecular formula is C47H42O11. The van der Waals surface area contributed by atoms with Gasteiger partial charge in [-0.25, -0.2) is 0 Å². The van der Waals surface area contributed by atoms with Crippen LogP contribution in [0.3, 0.4) is 0 Å². The van der Waals surface area contributed by atoms with E-state index in [1.54, 1.807) is 58.8 Å². The molecule has 1 N–H and O–H groups in total. The minimum Gasteiger partial charge on any atom is -0.502 e. The van der Waals surface area contributed by atoms with Crippen molar-refractivity contribution in [3.05, 3.63) is 160 Å². The predicted molar refractivity (Wildman–Crippen MR) is 219 cm³/mol. The summed E-state index contributed by atoms with van der Waals surface area (Å²) >= 11 is 0. The second-order valence-electron chi connectivity index (χ2n) is 13.1. The second-order valence-corrected chi connectivity index (χ2v) is 13.1. The van der Waals surface area contributed by atoms with Gasteiger partial charge in [-0.15, -0.1) is 0 Å². The van der Waals surface area contributed by atoms with Gasteiger partial charge < -0.3 is 47.4 Å². The van der Waals surface area contributed by atoms with E-state index in [2.05, 4.69) is 0 Å². The van der Waals surface area contributed by atoms with Crippen LogP contribution in [0, 0.1) is 0 Å². The average molecular weight is 783 g/mol. The van der Waals surface area contributed by atoms with Crippen LogP contribution in [0.4, 0.5) is 0 Å². The van der Waals surface area contributed by atoms with Crippen molar-refractivity contribution < 1.29 is 47.4 Å². The first-order valence-electron chi connectivity index (χ1n) is 18.3. The summed E-state index contributed by atoms with van der Waals surface area (Å²) in [6.07, 6.45) is 0. The Balaban J connectivity index is 1.24. The van der Waals surface area contributed by atoms with E-state index in [-0.39, 0.29) is 48.9 Å². The molecule has 7 rings (SSSR count). The van der Waals surface area contributed by atoms with Gasteiger partial charge in [0.05, 0.1) is 28.4 Å². The quantitative estimate of drug-likeness (QED) is 0.0950. The maximum absolute atomic E-state index is 14.1. The fourth-order valence-electron chi connectivity index (χ4n) is 6.06. The summed E-state index contributed by atoms with van der Waals surface area (Å²) in [4.78, 5) is 14.1. The molecule has 1 aromatic heterocycles. The lowest BCUT2D eigenvalue weighted by molar-refractivity contribution is 0.256. The summed E-state index contributed by atoms with van der Waals surface area (Å²) in [6, 6.07) is 38.2. The molecule has 0 unspecified atom stereocenters. The molecule has 0 bridgehead atoms. The first-order chi connectivity index (χ1) is 28.3. The molecule has 0 saturated heterocycles. The van der Waals surface area contributed by atoms with E-state index in [4.69, 9.17) is 42.3 Å². The highest BCUT2D eigenvalue weighted by atomic mass is 16.5. The van der Waals surface area contributed by atoms with Crippen molar-refractivity contribution in [2.24, 2.45) is 0 Å². The molecule has 11 heteroatoms. The van der Waals surface area contributed by atoms with Crippen molar-refractivity contribution in [1.82, 2.24) is 0 Å². The summed E-state index contributed by atoms with van der Waals surface area (Å²) in [6.45, 7) is 0.784. The fourth-order valence-corrected chi connectivity index (χ4v) is 6.06. The Morgan fingerprint density at radius 2 is 0.862 bits per heavy atom. The second kappa shape index (κ2) is 18.1. The molecule has 0 saturated carbocycles. The van der Waals surface area contributed by atoms with E-state index < -0.39 is 11.2 Å². The minimum atomic E-state index is -0.678. The minimum absolute atomic E-state index is 0.0574. The van der Waals surface area contributed by atoms with Crippen LogP contribution in [-0.4, -0.2) is 33.5 Å². The number of fused-ring (bicyclic) bond motifs is 1. The average Bonchev–Trinajstić information content (AvgIpc) is 3.28. The Hall–Kier alpha value is -7.27. The highest BCUT2D eigenvalue weighted by Crippen LogP contribution is 2.40. The smallest absolute Gasteiger partial charge is 0.238 e. The van der Waals surface area contributed by atoms with E-state index in [0.29, 0.717) is 28.6 Å². The Labute approximate surface area is 335 Å². The first kappa shape index (κ1) is 39.0. The summed E-state index contributed by atoms with van der Waals surface area (Å²) in [5.41, 5.74) is 3.38. The molecule has 58 heavy (non-hydrogen) atoms. The number of ether oxygens (including phenoxy) is 8. The molecule has 1 heterocycles. The van der Waals surface area contributed by atoms with Crippen LogP contribution in [0.25, 0.3) is 22.3 Å². The van der Waals surface area contributed by atoms with Gasteiger partial charge in [-0.1, -0.05) is 48.5 Å². The maximum Gasteiger partial charge on any atom is 0.238 e. The first-order valence-corrected chi connectivity index (χ1v) is 18.3. The van der Waals surface area contributed by atoms with Gasteiger partial charge in [0, 0.05) is 17.7 Å². The number of aromatic hydroxyl groups is 1. The van der Waals surface area contributed by atoms with Crippen LogP contribution in [0.15, 0.2) is 137 Å². The molecule has 0 aliphatic rings. The van der Waals surface area contributed by atoms with Crippen molar-refractivity contribution in [2.45, 2.75) is 26.4 Å². The van der Waals surface area contributed by atoms with Crippen molar-refractivity contribution in [1.29, 1.82) is 0 Å². The van der Waals surface area contributed by atoms with Crippen LogP contribution in [-0.2, 0) is 26.4 Å². The number of hydrogen-bond donors (Lipinski definition) is 1. The van der Waals surface area contributed by atoms with Crippen LogP contribution in [0.2, 0.25) is 0 Å². The topological polar surface area (TPSA) is 124 Å². The standard InChI is InChI=1S/C47H42O11/c1-50-35-14-5-30(6-15-35)26-54-39-24-42(57-29-33-11-20-38(53-4)21-12-33)44-43(25-39)58-47(46(49)45(44)48)34-13-22-40(55-27-31-7-16-36(51-2)17-8-31)41(23-34)56-28-32-9-18-37(52-3)19-10-32/h5-25,49H,26-29H2,1-4H3. The van der Waals surface area contributed by atoms with Crippen molar-refractivity contribution >= 4 is 11.0 Å². The predicted octanol–water partition coefficient (Wildman–Crippen LogP) is 9.52. The van der Waals surface area contributed by atoms with Gasteiger partial charge in [0.2, 0.25) is 11.2 Å². The van der Waals surface area contributed by atoms with Crippen LogP contribution >= 0.6 is 0 Å². The summed E-state index contributed by atoms with van der Waals surface area (Å²) < 4.78 is 52.5. The van der Waals surface area contributed by atoms with Crippen LogP contribution in [0.5, 0.6) is 51.7 Å². The Morgan fingerprint density at radius 1 is 0.448 bits per heavy atom. The van der Waals surface area contributed by atoms with Gasteiger partial charge in [0.1, 0.15) is 71.9 Å². The summed E-state index contributed by atoms with van der Waals surface area (Å²) in [5.74, 6) is 3.60. The lowest BCUT2D eigenvalue weighted by Crippen LogP contribution is -2.07. The molecule has 0 radical (unpaired) electrons. The normalized spacial score (nSPS) is 10.8. The number of benzene rings is 6. The lowest BCUT2D eigenvalue weighted by atomic mass is 10.1. The molecule has 6 aromatic carbocycles. The number of rotatable bonds is 17. The molecular weight excluding hydrogens is 741 g/mol. The number of methoxy groups -OCH3 is 4. The van der Waals surface area contributed by atoms with Crippen LogP contribution in [0.1, 0.15) is 22.3 Å². The van der Waals surface area contributed by atoms with Crippen LogP contribution < -0.4 is 43.3 Å². The molecule has 0 spiro atoms. The molecule has 0 amide bonds. The van der Waals surface area contributed by atoms with E-state index >= 15 is 0 Å². The van der Waals surface area contributed by atoms with Crippen molar-refractivity contribution in [3.8, 4) is 63.1 Å². The van der Waals surface area contributed by atoms with Gasteiger partial charge in [-0.2, -0.15) is 0 Å². The lowest BCUT2D eigenvalue weighted by Gasteiger charge is -2.16. The van der Waals surface area contributed by atoms with E-state index in [1.165, 1.54) is 0 Å². The van der Waals surface area contributed by atoms with E-state index in [9.17, 15) is 9.90 Å². The number of hydrogen-bond acceptors (Lipinski definition) is 11. The fraction of sp³-hybridized carbons (Fsp3) is 0.170. The Morgan fingerprint density at radius 3 is 1.31 bits per heavy atom. The third-order valence-electron chi connectivity index (χ3n) is 9.34. The highest BCUT2D eigenvalue weighted by molar-refractivity contribution is 5.88. The third kappa shape index (κ3) is 9.22. The van der Waals surface area contributed by atoms with Crippen molar-refractivity contribution in [2.75, 3.05) is 28.4 Å². The largest absolute Gasteiger partial charge is 0.502 e. The highest BCUT2D eigenvalue weighted by Gasteiger charge is 2.22. The summed E-state index contributed by atoms with van der Waals surface area (Å²) in [7, 11) is 6.42. The molecule has 11 nitrogen and oxygen atoms in total. The molecule has 0 aliphatic heterocycles. The molecule has 0 atom stereocenters. The zero-order valence-electron chi connectivity index (χ0n) is 32.5. The van der Waals surface area contributed by atoms with E-state index in [1.807, 2.05) is 97.1 Å². The van der Waals surface area contributed by atoms with Gasteiger partial charge in [0.15, 0.2) is 17.3 Å². The van der Waals surface area contributed by atoms with Gasteiger partial charge in [-0.3, -0.25) is 4.79 Å². The molecule has 7 aromatic rings. The zero-order valence-corrected chi connectivity index (χ0v) is 32.5. The van der Waals surface area contributed by atoms with E-state index in [0.717, 1.165) is 39.5 Å². The Kier molecular flexibility index (Phi) is 12.2. The SMILES string of the molecule is COc1ccc(COc2cc(OCc3ccc(OC)cc3)c3c(=O)c(O)c(-c4ccc(OCc5ccc(OC)cc5)c(OCc5ccc(OC)cc5)c4)oc3c2)cc1. The molecule has 296 valence electrons. The zero-order chi connectivity index (χ0) is 40.4. The van der Waals surface area contributed by atoms with Crippen molar-refractivity contribution in [3.63, 3.8) is 0 Å². The monoisotopic (exact) mass is 782 g/mol. The van der Waals surface area contributed by atoms with Gasteiger partial charge in [-0.05, 0) is 89.0 Å². The maximum atomic E-state index is 14.1. The van der Waals surface area contributed by atoms with Gasteiger partial charge >= 0.3 is 0 Å². The van der Waals surface area contributed by atoms with Gasteiger partial charge in [0.25, 0.3) is 0 Å². The molecule has 0 fully saturated rings. The Bertz CT molecular complexity index is 2510. The molecule has 0 aliphatic carbocycles.